The Morgan fingerprint density at radius 3 is 2.40 bits per heavy atom. The second-order valence-corrected chi connectivity index (χ2v) is 8.88. The molecule has 0 aliphatic carbocycles. The van der Waals surface area contributed by atoms with Gasteiger partial charge in [0.2, 0.25) is 15.9 Å². The van der Waals surface area contributed by atoms with Crippen molar-refractivity contribution in [3.8, 4) is 0 Å². The molecule has 0 aromatic heterocycles. The number of benzene rings is 2. The van der Waals surface area contributed by atoms with Gasteiger partial charge >= 0.3 is 5.97 Å². The average Bonchev–Trinajstić information content (AvgIpc) is 3.10. The SMILES string of the molecule is CCCOC(=O)c1ccc(NC(=O)C=Cc2ccc(N3CCCS3(=O)=O)cc2)cc1. The predicted molar refractivity (Wildman–Crippen MR) is 117 cm³/mol. The van der Waals surface area contributed by atoms with Crippen LogP contribution in [0.4, 0.5) is 11.4 Å². The monoisotopic (exact) mass is 428 g/mol. The molecule has 1 heterocycles. The highest BCUT2D eigenvalue weighted by Gasteiger charge is 2.28. The molecular weight excluding hydrogens is 404 g/mol. The molecular formula is C22H24N2O5S. The standard InChI is InChI=1S/C22H24N2O5S/c1-2-15-29-22(26)18-7-9-19(10-8-18)23-21(25)13-6-17-4-11-20(12-5-17)24-14-3-16-30(24,27)28/h4-13H,2-3,14-16H2,1H3,(H,23,25). The number of nitrogens with zero attached hydrogens (tertiary/aromatic N) is 1. The Bertz CT molecular complexity index is 1030. The molecule has 0 atom stereocenters. The first-order valence-electron chi connectivity index (χ1n) is 9.76. The molecule has 1 aliphatic rings. The summed E-state index contributed by atoms with van der Waals surface area (Å²) in [7, 11) is -3.20. The number of carbonyl (C=O) groups is 2. The molecule has 158 valence electrons. The van der Waals surface area contributed by atoms with Crippen LogP contribution < -0.4 is 9.62 Å². The van der Waals surface area contributed by atoms with E-state index in [1.165, 1.54) is 10.4 Å². The van der Waals surface area contributed by atoms with Gasteiger partial charge in [-0.15, -0.1) is 0 Å². The van der Waals surface area contributed by atoms with Crippen molar-refractivity contribution in [2.45, 2.75) is 19.8 Å². The van der Waals surface area contributed by atoms with Crippen LogP contribution in [0.2, 0.25) is 0 Å². The molecule has 0 unspecified atom stereocenters. The van der Waals surface area contributed by atoms with Crippen molar-refractivity contribution in [3.05, 3.63) is 65.7 Å². The maximum Gasteiger partial charge on any atom is 0.338 e. The molecule has 0 bridgehead atoms. The molecule has 8 heteroatoms. The summed E-state index contributed by atoms with van der Waals surface area (Å²) in [6, 6.07) is 13.5. The minimum absolute atomic E-state index is 0.176. The summed E-state index contributed by atoms with van der Waals surface area (Å²) in [5.41, 5.74) is 2.40. The van der Waals surface area contributed by atoms with Gasteiger partial charge < -0.3 is 10.1 Å². The minimum Gasteiger partial charge on any atom is -0.462 e. The molecule has 1 N–H and O–H groups in total. The Labute approximate surface area is 176 Å². The van der Waals surface area contributed by atoms with E-state index < -0.39 is 10.0 Å². The largest absolute Gasteiger partial charge is 0.462 e. The van der Waals surface area contributed by atoms with E-state index >= 15 is 0 Å². The summed E-state index contributed by atoms with van der Waals surface area (Å²) in [6.45, 7) is 2.79. The number of rotatable bonds is 7. The van der Waals surface area contributed by atoms with E-state index in [4.69, 9.17) is 4.74 Å². The molecule has 30 heavy (non-hydrogen) atoms. The van der Waals surface area contributed by atoms with Gasteiger partial charge in [0.05, 0.1) is 23.6 Å². The summed E-state index contributed by atoms with van der Waals surface area (Å²) in [5.74, 6) is -0.530. The van der Waals surface area contributed by atoms with Gasteiger partial charge in [-0.05, 0) is 60.9 Å². The van der Waals surface area contributed by atoms with Crippen LogP contribution >= 0.6 is 0 Å². The molecule has 7 nitrogen and oxygen atoms in total. The fourth-order valence-corrected chi connectivity index (χ4v) is 4.57. The topological polar surface area (TPSA) is 92.8 Å². The molecule has 1 fully saturated rings. The second-order valence-electron chi connectivity index (χ2n) is 6.87. The van der Waals surface area contributed by atoms with Crippen molar-refractivity contribution in [3.63, 3.8) is 0 Å². The average molecular weight is 429 g/mol. The van der Waals surface area contributed by atoms with Gasteiger partial charge in [-0.25, -0.2) is 13.2 Å². The van der Waals surface area contributed by atoms with Crippen molar-refractivity contribution < 1.29 is 22.7 Å². The molecule has 0 spiro atoms. The van der Waals surface area contributed by atoms with Gasteiger partial charge in [0.1, 0.15) is 0 Å². The molecule has 1 amide bonds. The Morgan fingerprint density at radius 2 is 1.80 bits per heavy atom. The van der Waals surface area contributed by atoms with Crippen LogP contribution in [0, 0.1) is 0 Å². The number of esters is 1. The Hall–Kier alpha value is -3.13. The molecule has 3 rings (SSSR count). The number of anilines is 2. The molecule has 0 radical (unpaired) electrons. The minimum atomic E-state index is -3.20. The first-order valence-corrected chi connectivity index (χ1v) is 11.4. The first-order chi connectivity index (χ1) is 14.4. The van der Waals surface area contributed by atoms with Gasteiger partial charge in [-0.3, -0.25) is 9.10 Å². The third-order valence-electron chi connectivity index (χ3n) is 4.53. The lowest BCUT2D eigenvalue weighted by Crippen LogP contribution is -2.24. The molecule has 1 saturated heterocycles. The van der Waals surface area contributed by atoms with Crippen LogP contribution in [-0.4, -0.2) is 39.2 Å². The summed E-state index contributed by atoms with van der Waals surface area (Å²) >= 11 is 0. The number of ether oxygens (including phenoxy) is 1. The summed E-state index contributed by atoms with van der Waals surface area (Å²) in [5, 5.41) is 2.72. The molecule has 1 aliphatic heterocycles. The van der Waals surface area contributed by atoms with Crippen molar-refractivity contribution in [2.75, 3.05) is 28.5 Å². The lowest BCUT2D eigenvalue weighted by molar-refractivity contribution is -0.111. The number of hydrogen-bond acceptors (Lipinski definition) is 5. The quantitative estimate of drug-likeness (QED) is 0.539. The highest BCUT2D eigenvalue weighted by atomic mass is 32.2. The zero-order valence-corrected chi connectivity index (χ0v) is 17.5. The van der Waals surface area contributed by atoms with Gasteiger partial charge in [-0.2, -0.15) is 0 Å². The normalized spacial score (nSPS) is 15.3. The highest BCUT2D eigenvalue weighted by molar-refractivity contribution is 7.93. The van der Waals surface area contributed by atoms with E-state index in [2.05, 4.69) is 5.32 Å². The second kappa shape index (κ2) is 9.58. The fourth-order valence-electron chi connectivity index (χ4n) is 3.00. The number of carbonyl (C=O) groups excluding carboxylic acids is 2. The van der Waals surface area contributed by atoms with Crippen molar-refractivity contribution in [1.29, 1.82) is 0 Å². The maximum atomic E-state index is 12.1. The van der Waals surface area contributed by atoms with E-state index in [9.17, 15) is 18.0 Å². The molecule has 2 aromatic carbocycles. The third kappa shape index (κ3) is 5.48. The fraction of sp³-hybridized carbons (Fsp3) is 0.273. The van der Waals surface area contributed by atoms with Crippen LogP contribution in [0.5, 0.6) is 0 Å². The van der Waals surface area contributed by atoms with Crippen LogP contribution in [0.15, 0.2) is 54.6 Å². The van der Waals surface area contributed by atoms with Gasteiger partial charge in [0.25, 0.3) is 0 Å². The Morgan fingerprint density at radius 1 is 1.10 bits per heavy atom. The lowest BCUT2D eigenvalue weighted by atomic mass is 10.2. The smallest absolute Gasteiger partial charge is 0.338 e. The van der Waals surface area contributed by atoms with Gasteiger partial charge in [0.15, 0.2) is 0 Å². The van der Waals surface area contributed by atoms with E-state index in [0.29, 0.717) is 36.5 Å². The number of sulfonamides is 1. The summed E-state index contributed by atoms with van der Waals surface area (Å²) in [6.07, 6.45) is 4.43. The molecule has 0 saturated carbocycles. The highest BCUT2D eigenvalue weighted by Crippen LogP contribution is 2.24. The van der Waals surface area contributed by atoms with Crippen molar-refractivity contribution in [2.24, 2.45) is 0 Å². The van der Waals surface area contributed by atoms with Gasteiger partial charge in [0, 0.05) is 18.3 Å². The summed E-state index contributed by atoms with van der Waals surface area (Å²) < 4.78 is 30.4. The van der Waals surface area contributed by atoms with E-state index in [-0.39, 0.29) is 17.6 Å². The number of hydrogen-bond donors (Lipinski definition) is 1. The van der Waals surface area contributed by atoms with Crippen molar-refractivity contribution in [1.82, 2.24) is 0 Å². The lowest BCUT2D eigenvalue weighted by Gasteiger charge is -2.16. The van der Waals surface area contributed by atoms with E-state index in [1.807, 2.05) is 6.92 Å². The Balaban J connectivity index is 1.56. The Kier molecular flexibility index (Phi) is 6.89. The van der Waals surface area contributed by atoms with E-state index in [0.717, 1.165) is 12.0 Å². The zero-order chi connectivity index (χ0) is 21.6. The predicted octanol–water partition coefficient (Wildman–Crippen LogP) is 3.45. The number of nitrogens with one attached hydrogen (secondary N) is 1. The van der Waals surface area contributed by atoms with Crippen LogP contribution in [0.3, 0.4) is 0 Å². The van der Waals surface area contributed by atoms with Crippen molar-refractivity contribution >= 4 is 39.4 Å². The van der Waals surface area contributed by atoms with Gasteiger partial charge in [-0.1, -0.05) is 19.1 Å². The van der Waals surface area contributed by atoms with E-state index in [1.54, 1.807) is 54.6 Å². The number of amides is 1. The third-order valence-corrected chi connectivity index (χ3v) is 6.40. The van der Waals surface area contributed by atoms with Crippen LogP contribution in [0.1, 0.15) is 35.7 Å². The summed E-state index contributed by atoms with van der Waals surface area (Å²) in [4.78, 5) is 23.9. The maximum absolute atomic E-state index is 12.1. The zero-order valence-electron chi connectivity index (χ0n) is 16.7. The van der Waals surface area contributed by atoms with Crippen LogP contribution in [0.25, 0.3) is 6.08 Å². The first kappa shape index (κ1) is 21.6. The van der Waals surface area contributed by atoms with Crippen LogP contribution in [-0.2, 0) is 19.6 Å². The molecule has 2 aromatic rings.